The average Bonchev–Trinajstić information content (AvgIpc) is 2.86. The molecule has 0 atom stereocenters. The maximum atomic E-state index is 10.2. The van der Waals surface area contributed by atoms with Gasteiger partial charge in [-0.15, -0.1) is 0 Å². The number of rotatable bonds is 4. The van der Waals surface area contributed by atoms with Gasteiger partial charge in [0.1, 0.15) is 0 Å². The second-order valence-electron chi connectivity index (χ2n) is 5.93. The Labute approximate surface area is 128 Å². The van der Waals surface area contributed by atoms with Gasteiger partial charge in [0.15, 0.2) is 5.82 Å². The number of aliphatic hydroxyl groups is 1. The first kappa shape index (κ1) is 14.5. The van der Waals surface area contributed by atoms with E-state index in [2.05, 4.69) is 15.0 Å². The molecule has 5 nitrogen and oxygen atoms in total. The van der Waals surface area contributed by atoms with E-state index >= 15 is 0 Å². The summed E-state index contributed by atoms with van der Waals surface area (Å²) in [5, 5.41) is 14.9. The van der Waals surface area contributed by atoms with E-state index in [1.165, 1.54) is 0 Å². The fraction of sp³-hybridized carbons (Fsp3) is 0.467. The molecule has 1 N–H and O–H groups in total. The molecule has 1 aromatic carbocycles. The molecule has 1 aliphatic rings. The fourth-order valence-corrected chi connectivity index (χ4v) is 2.56. The minimum Gasteiger partial charge on any atom is -0.387 e. The minimum absolute atomic E-state index is 0.253. The number of aromatic nitrogens is 2. The van der Waals surface area contributed by atoms with Crippen LogP contribution in [0.4, 0.5) is 0 Å². The largest absolute Gasteiger partial charge is 0.387 e. The topological polar surface area (TPSA) is 62.4 Å². The van der Waals surface area contributed by atoms with E-state index in [0.717, 1.165) is 5.56 Å². The quantitative estimate of drug-likeness (QED) is 0.940. The monoisotopic (exact) mass is 307 g/mol. The first-order valence-electron chi connectivity index (χ1n) is 6.99. The highest BCUT2D eigenvalue weighted by molar-refractivity contribution is 6.30. The van der Waals surface area contributed by atoms with E-state index in [0.29, 0.717) is 36.4 Å². The average molecular weight is 308 g/mol. The summed E-state index contributed by atoms with van der Waals surface area (Å²) in [6, 6.07) is 7.28. The molecule has 1 saturated heterocycles. The highest BCUT2D eigenvalue weighted by Crippen LogP contribution is 2.29. The third kappa shape index (κ3) is 2.95. The Hall–Kier alpha value is -1.43. The molecule has 6 heteroatoms. The van der Waals surface area contributed by atoms with Crippen molar-refractivity contribution in [3.05, 3.63) is 35.1 Å². The van der Waals surface area contributed by atoms with E-state index in [9.17, 15) is 5.11 Å². The molecule has 21 heavy (non-hydrogen) atoms. The van der Waals surface area contributed by atoms with Gasteiger partial charge in [-0.2, -0.15) is 4.98 Å². The molecule has 0 saturated carbocycles. The number of likely N-dealkylation sites (tertiary alicyclic amines) is 1. The van der Waals surface area contributed by atoms with Crippen LogP contribution in [0.15, 0.2) is 28.8 Å². The summed E-state index contributed by atoms with van der Waals surface area (Å²) in [5.41, 5.74) is 0.267. The van der Waals surface area contributed by atoms with Gasteiger partial charge in [0, 0.05) is 23.7 Å². The van der Waals surface area contributed by atoms with Gasteiger partial charge in [0.25, 0.3) is 5.89 Å². The molecule has 0 unspecified atom stereocenters. The molecule has 1 fully saturated rings. The highest BCUT2D eigenvalue weighted by Gasteiger charge is 2.43. The number of β-amino-alcohol motifs (C(OH)–C–C–N with tert-alkyl or cyclic N) is 1. The Bertz CT molecular complexity index is 618. The summed E-state index contributed by atoms with van der Waals surface area (Å²) in [6.07, 6.45) is 0. The van der Waals surface area contributed by atoms with Crippen LogP contribution in [-0.4, -0.2) is 38.8 Å². The maximum absolute atomic E-state index is 10.2. The lowest BCUT2D eigenvalue weighted by atomic mass is 9.83. The molecule has 0 radical (unpaired) electrons. The normalized spacial score (nSPS) is 18.0. The van der Waals surface area contributed by atoms with Gasteiger partial charge in [0.2, 0.25) is 0 Å². The Morgan fingerprint density at radius 2 is 2.00 bits per heavy atom. The van der Waals surface area contributed by atoms with Crippen molar-refractivity contribution >= 4 is 11.6 Å². The minimum atomic E-state index is -0.581. The molecule has 112 valence electrons. The van der Waals surface area contributed by atoms with Crippen molar-refractivity contribution in [1.29, 1.82) is 0 Å². The van der Waals surface area contributed by atoms with Crippen LogP contribution in [0, 0.1) is 5.92 Å². The number of benzene rings is 1. The van der Waals surface area contributed by atoms with Gasteiger partial charge >= 0.3 is 0 Å². The molecule has 0 bridgehead atoms. The summed E-state index contributed by atoms with van der Waals surface area (Å²) in [4.78, 5) is 6.49. The fourth-order valence-electron chi connectivity index (χ4n) is 2.43. The predicted octanol–water partition coefficient (Wildman–Crippen LogP) is 2.59. The maximum Gasteiger partial charge on any atom is 0.257 e. The summed E-state index contributed by atoms with van der Waals surface area (Å²) < 4.78 is 5.27. The molecule has 0 aliphatic carbocycles. The molecule has 0 amide bonds. The zero-order valence-electron chi connectivity index (χ0n) is 12.1. The van der Waals surface area contributed by atoms with Gasteiger partial charge in [-0.05, 0) is 30.2 Å². The molecule has 3 rings (SSSR count). The van der Waals surface area contributed by atoms with E-state index in [1.54, 1.807) is 12.1 Å². The lowest BCUT2D eigenvalue weighted by Gasteiger charge is -2.48. The first-order valence-corrected chi connectivity index (χ1v) is 7.37. The van der Waals surface area contributed by atoms with Crippen molar-refractivity contribution in [3.8, 4) is 11.5 Å². The Balaban J connectivity index is 1.63. The van der Waals surface area contributed by atoms with Crippen molar-refractivity contribution in [3.63, 3.8) is 0 Å². The molecule has 0 spiro atoms. The second kappa shape index (κ2) is 5.40. The second-order valence-corrected chi connectivity index (χ2v) is 6.36. The molecule has 1 aliphatic heterocycles. The van der Waals surface area contributed by atoms with Gasteiger partial charge in [0.05, 0.1) is 12.1 Å². The zero-order valence-corrected chi connectivity index (χ0v) is 12.8. The molecular weight excluding hydrogens is 290 g/mol. The van der Waals surface area contributed by atoms with E-state index in [-0.39, 0.29) is 5.92 Å². The standard InChI is InChI=1S/C15H18ClN3O2/c1-10(2)15(20)8-19(9-15)7-13-17-14(21-18-13)11-3-5-12(16)6-4-11/h3-6,10,20H,7-9H2,1-2H3. The first-order chi connectivity index (χ1) is 9.96. The van der Waals surface area contributed by atoms with Crippen molar-refractivity contribution in [1.82, 2.24) is 15.0 Å². The van der Waals surface area contributed by atoms with Crippen LogP contribution in [0.2, 0.25) is 5.02 Å². The van der Waals surface area contributed by atoms with E-state index in [4.69, 9.17) is 16.1 Å². The summed E-state index contributed by atoms with van der Waals surface area (Å²) in [6.45, 7) is 5.95. The van der Waals surface area contributed by atoms with Crippen LogP contribution >= 0.6 is 11.6 Å². The lowest BCUT2D eigenvalue weighted by molar-refractivity contribution is -0.131. The molecular formula is C15H18ClN3O2. The molecule has 1 aromatic heterocycles. The lowest BCUT2D eigenvalue weighted by Crippen LogP contribution is -2.63. The third-order valence-electron chi connectivity index (χ3n) is 3.99. The Kier molecular flexibility index (Phi) is 3.73. The predicted molar refractivity (Wildman–Crippen MR) is 79.8 cm³/mol. The van der Waals surface area contributed by atoms with Crippen LogP contribution in [0.1, 0.15) is 19.7 Å². The van der Waals surface area contributed by atoms with Crippen molar-refractivity contribution in [2.45, 2.75) is 26.0 Å². The number of nitrogens with zero attached hydrogens (tertiary/aromatic N) is 3. The smallest absolute Gasteiger partial charge is 0.257 e. The summed E-state index contributed by atoms with van der Waals surface area (Å²) in [7, 11) is 0. The Morgan fingerprint density at radius 1 is 1.33 bits per heavy atom. The van der Waals surface area contributed by atoms with E-state index in [1.807, 2.05) is 26.0 Å². The number of halogens is 1. The Morgan fingerprint density at radius 3 is 2.62 bits per heavy atom. The van der Waals surface area contributed by atoms with Crippen LogP contribution in [-0.2, 0) is 6.54 Å². The van der Waals surface area contributed by atoms with Crippen molar-refractivity contribution < 1.29 is 9.63 Å². The van der Waals surface area contributed by atoms with Crippen LogP contribution in [0.3, 0.4) is 0 Å². The van der Waals surface area contributed by atoms with Crippen LogP contribution in [0.25, 0.3) is 11.5 Å². The number of hydrogen-bond acceptors (Lipinski definition) is 5. The zero-order chi connectivity index (χ0) is 15.0. The molecule has 2 heterocycles. The van der Waals surface area contributed by atoms with Gasteiger partial charge in [-0.1, -0.05) is 30.6 Å². The van der Waals surface area contributed by atoms with Crippen LogP contribution < -0.4 is 0 Å². The highest BCUT2D eigenvalue weighted by atomic mass is 35.5. The molecule has 2 aromatic rings. The summed E-state index contributed by atoms with van der Waals surface area (Å²) >= 11 is 5.85. The van der Waals surface area contributed by atoms with Crippen molar-refractivity contribution in [2.75, 3.05) is 13.1 Å². The van der Waals surface area contributed by atoms with E-state index < -0.39 is 5.60 Å². The van der Waals surface area contributed by atoms with Crippen LogP contribution in [0.5, 0.6) is 0 Å². The third-order valence-corrected chi connectivity index (χ3v) is 4.25. The van der Waals surface area contributed by atoms with Crippen molar-refractivity contribution in [2.24, 2.45) is 5.92 Å². The summed E-state index contributed by atoms with van der Waals surface area (Å²) in [5.74, 6) is 1.37. The number of hydrogen-bond donors (Lipinski definition) is 1. The van der Waals surface area contributed by atoms with Gasteiger partial charge in [-0.25, -0.2) is 0 Å². The van der Waals surface area contributed by atoms with Gasteiger partial charge < -0.3 is 9.63 Å². The SMILES string of the molecule is CC(C)C1(O)CN(Cc2noc(-c3ccc(Cl)cc3)n2)C1. The van der Waals surface area contributed by atoms with Gasteiger partial charge in [-0.3, -0.25) is 4.90 Å².